The minimum atomic E-state index is -0.541. The monoisotopic (exact) mass is 415 g/mol. The van der Waals surface area contributed by atoms with Gasteiger partial charge in [-0.25, -0.2) is 0 Å². The van der Waals surface area contributed by atoms with Gasteiger partial charge in [-0.05, 0) is 55.5 Å². The van der Waals surface area contributed by atoms with E-state index in [4.69, 9.17) is 15.2 Å². The number of hydrogen-bond acceptors (Lipinski definition) is 6. The van der Waals surface area contributed by atoms with E-state index in [2.05, 4.69) is 16.3 Å². The summed E-state index contributed by atoms with van der Waals surface area (Å²) in [4.78, 5) is 26.6. The van der Waals surface area contributed by atoms with Gasteiger partial charge >= 0.3 is 0 Å². The summed E-state index contributed by atoms with van der Waals surface area (Å²) >= 11 is 1.30. The zero-order valence-electron chi connectivity index (χ0n) is 16.3. The molecular formula is C21H25N3O4S. The van der Waals surface area contributed by atoms with Crippen molar-refractivity contribution in [3.63, 3.8) is 0 Å². The van der Waals surface area contributed by atoms with E-state index in [9.17, 15) is 9.59 Å². The summed E-state index contributed by atoms with van der Waals surface area (Å²) in [6, 6.07) is 7.48. The number of fused-ring (bicyclic) bond motifs is 1. The molecule has 0 aliphatic carbocycles. The lowest BCUT2D eigenvalue weighted by Crippen LogP contribution is -2.41. The van der Waals surface area contributed by atoms with Crippen LogP contribution in [-0.4, -0.2) is 42.5 Å². The van der Waals surface area contributed by atoms with Crippen molar-refractivity contribution in [3.8, 4) is 11.5 Å². The molecule has 3 N–H and O–H groups in total. The average Bonchev–Trinajstić information content (AvgIpc) is 3.32. The molecule has 1 aromatic carbocycles. The lowest BCUT2D eigenvalue weighted by molar-refractivity contribution is -0.121. The van der Waals surface area contributed by atoms with Crippen LogP contribution in [0.5, 0.6) is 11.5 Å². The van der Waals surface area contributed by atoms with Crippen molar-refractivity contribution < 1.29 is 19.1 Å². The number of likely N-dealkylation sites (tertiary alicyclic amines) is 1. The average molecular weight is 416 g/mol. The van der Waals surface area contributed by atoms with E-state index in [1.165, 1.54) is 11.3 Å². The summed E-state index contributed by atoms with van der Waals surface area (Å²) in [5.41, 5.74) is 6.85. The maximum atomic E-state index is 12.9. The van der Waals surface area contributed by atoms with Crippen molar-refractivity contribution in [1.82, 2.24) is 4.90 Å². The van der Waals surface area contributed by atoms with E-state index in [-0.39, 0.29) is 18.0 Å². The molecule has 2 amide bonds. The molecule has 2 aliphatic heterocycles. The Morgan fingerprint density at radius 3 is 2.79 bits per heavy atom. The first-order valence-corrected chi connectivity index (χ1v) is 10.8. The number of carbonyl (C=O) groups excluding carboxylic acids is 2. The van der Waals surface area contributed by atoms with Gasteiger partial charge in [-0.3, -0.25) is 14.5 Å². The molecule has 2 atom stereocenters. The summed E-state index contributed by atoms with van der Waals surface area (Å²) in [6.45, 7) is 4.04. The van der Waals surface area contributed by atoms with Gasteiger partial charge in [-0.1, -0.05) is 6.07 Å². The number of hydrogen-bond donors (Lipinski definition) is 2. The summed E-state index contributed by atoms with van der Waals surface area (Å²) in [5, 5.41) is 5.12. The van der Waals surface area contributed by atoms with Gasteiger partial charge in [0.25, 0.3) is 5.91 Å². The van der Waals surface area contributed by atoms with E-state index in [0.29, 0.717) is 23.8 Å². The van der Waals surface area contributed by atoms with Crippen LogP contribution < -0.4 is 20.5 Å². The molecule has 0 bridgehead atoms. The number of primary amides is 1. The largest absolute Gasteiger partial charge is 0.490 e. The topological polar surface area (TPSA) is 93.9 Å². The van der Waals surface area contributed by atoms with Gasteiger partial charge in [0.1, 0.15) is 5.00 Å². The Hall–Kier alpha value is -2.58. The highest BCUT2D eigenvalue weighted by Crippen LogP contribution is 2.39. The van der Waals surface area contributed by atoms with Gasteiger partial charge in [0.05, 0.1) is 24.8 Å². The van der Waals surface area contributed by atoms with Crippen molar-refractivity contribution >= 4 is 28.2 Å². The Balaban J connectivity index is 1.50. The van der Waals surface area contributed by atoms with Crippen LogP contribution in [0.1, 0.15) is 48.1 Å². The second-order valence-corrected chi connectivity index (χ2v) is 8.26. The number of ether oxygens (including phenoxy) is 2. The predicted octanol–water partition coefficient (Wildman–Crippen LogP) is 3.17. The van der Waals surface area contributed by atoms with Crippen molar-refractivity contribution in [1.29, 1.82) is 0 Å². The number of benzene rings is 1. The number of carbonyl (C=O) groups is 2. The van der Waals surface area contributed by atoms with E-state index in [1.54, 1.807) is 11.4 Å². The third-order valence-electron chi connectivity index (χ3n) is 5.49. The minimum absolute atomic E-state index is 0.131. The van der Waals surface area contributed by atoms with Crippen molar-refractivity contribution in [3.05, 3.63) is 40.8 Å². The fourth-order valence-corrected chi connectivity index (χ4v) is 4.76. The second-order valence-electron chi connectivity index (χ2n) is 7.35. The first-order valence-electron chi connectivity index (χ1n) is 9.88. The van der Waals surface area contributed by atoms with Crippen LogP contribution in [0.25, 0.3) is 0 Å². The summed E-state index contributed by atoms with van der Waals surface area (Å²) in [6.07, 6.45) is 2.86. The first kappa shape index (κ1) is 19.7. The lowest BCUT2D eigenvalue weighted by Gasteiger charge is -2.30. The molecule has 2 aliphatic rings. The minimum Gasteiger partial charge on any atom is -0.490 e. The molecule has 8 heteroatoms. The molecule has 154 valence electrons. The van der Waals surface area contributed by atoms with Crippen LogP contribution >= 0.6 is 11.3 Å². The number of nitrogens with zero attached hydrogens (tertiary/aromatic N) is 1. The van der Waals surface area contributed by atoms with Gasteiger partial charge < -0.3 is 20.5 Å². The molecule has 4 rings (SSSR count). The fraction of sp³-hybridized carbons (Fsp3) is 0.429. The Labute approximate surface area is 173 Å². The molecule has 2 aromatic rings. The molecule has 3 heterocycles. The number of thiophene rings is 1. The van der Waals surface area contributed by atoms with Gasteiger partial charge in [0.15, 0.2) is 11.5 Å². The molecule has 0 spiro atoms. The molecule has 1 aromatic heterocycles. The highest BCUT2D eigenvalue weighted by molar-refractivity contribution is 7.14. The molecule has 7 nitrogen and oxygen atoms in total. The third kappa shape index (κ3) is 4.09. The zero-order chi connectivity index (χ0) is 20.4. The van der Waals surface area contributed by atoms with E-state index >= 15 is 0 Å². The zero-order valence-corrected chi connectivity index (χ0v) is 17.2. The van der Waals surface area contributed by atoms with E-state index in [1.807, 2.05) is 19.1 Å². The summed E-state index contributed by atoms with van der Waals surface area (Å²) < 4.78 is 11.6. The molecule has 0 unspecified atom stereocenters. The van der Waals surface area contributed by atoms with Crippen LogP contribution in [0.3, 0.4) is 0 Å². The number of nitrogens with two attached hydrogens (primary N) is 1. The SMILES string of the molecule is C[C@H](C(=O)Nc1sccc1C(N)=O)N1CCC[C@@H]1c1ccc2c(c1)OCCCO2. The van der Waals surface area contributed by atoms with Gasteiger partial charge in [-0.15, -0.1) is 11.3 Å². The number of rotatable bonds is 5. The van der Waals surface area contributed by atoms with Crippen LogP contribution in [0.15, 0.2) is 29.6 Å². The number of anilines is 1. The Kier molecular flexibility index (Phi) is 5.73. The molecule has 29 heavy (non-hydrogen) atoms. The molecule has 1 saturated heterocycles. The molecule has 0 radical (unpaired) electrons. The summed E-state index contributed by atoms with van der Waals surface area (Å²) in [5.74, 6) is 0.864. The standard InChI is InChI=1S/C21H25N3O4S/c1-13(20(26)23-21-15(19(22)25)7-11-29-21)24-8-2-4-16(24)14-5-6-17-18(12-14)28-10-3-9-27-17/h5-7,11-13,16H,2-4,8-10H2,1H3,(H2,22,25)(H,23,26)/t13-,16-/m1/s1. The maximum absolute atomic E-state index is 12.9. The van der Waals surface area contributed by atoms with Crippen molar-refractivity contribution in [2.75, 3.05) is 25.1 Å². The molecule has 1 fully saturated rings. The highest BCUT2D eigenvalue weighted by Gasteiger charge is 2.34. The van der Waals surface area contributed by atoms with Crippen LogP contribution in [0.4, 0.5) is 5.00 Å². The second kappa shape index (κ2) is 8.42. The smallest absolute Gasteiger partial charge is 0.251 e. The Morgan fingerprint density at radius 1 is 1.21 bits per heavy atom. The van der Waals surface area contributed by atoms with Crippen LogP contribution in [0, 0.1) is 0 Å². The Morgan fingerprint density at radius 2 is 2.00 bits per heavy atom. The normalized spacial score (nSPS) is 20.1. The van der Waals surface area contributed by atoms with E-state index in [0.717, 1.165) is 42.9 Å². The first-order chi connectivity index (χ1) is 14.0. The van der Waals surface area contributed by atoms with Crippen molar-refractivity contribution in [2.45, 2.75) is 38.3 Å². The lowest BCUT2D eigenvalue weighted by atomic mass is 10.0. The Bertz CT molecular complexity index is 913. The van der Waals surface area contributed by atoms with Gasteiger partial charge in [0.2, 0.25) is 5.91 Å². The van der Waals surface area contributed by atoms with Gasteiger partial charge in [0, 0.05) is 12.5 Å². The number of nitrogens with one attached hydrogen (secondary N) is 1. The quantitative estimate of drug-likeness (QED) is 0.782. The van der Waals surface area contributed by atoms with E-state index < -0.39 is 5.91 Å². The molecule has 0 saturated carbocycles. The fourth-order valence-electron chi connectivity index (χ4n) is 3.96. The predicted molar refractivity (Wildman–Crippen MR) is 112 cm³/mol. The third-order valence-corrected chi connectivity index (χ3v) is 6.32. The highest BCUT2D eigenvalue weighted by atomic mass is 32.1. The summed E-state index contributed by atoms with van der Waals surface area (Å²) in [7, 11) is 0. The van der Waals surface area contributed by atoms with Crippen LogP contribution in [0.2, 0.25) is 0 Å². The van der Waals surface area contributed by atoms with Crippen molar-refractivity contribution in [2.24, 2.45) is 5.73 Å². The number of amides is 2. The molecular weight excluding hydrogens is 390 g/mol. The van der Waals surface area contributed by atoms with Crippen LogP contribution in [-0.2, 0) is 4.79 Å². The van der Waals surface area contributed by atoms with Gasteiger partial charge in [-0.2, -0.15) is 0 Å². The maximum Gasteiger partial charge on any atom is 0.251 e.